The molecule has 1 fully saturated rings. The maximum atomic E-state index is 12.7. The second-order valence-electron chi connectivity index (χ2n) is 13.0. The van der Waals surface area contributed by atoms with E-state index in [0.29, 0.717) is 36.3 Å². The molecule has 0 aliphatic carbocycles. The van der Waals surface area contributed by atoms with Crippen LogP contribution in [0.25, 0.3) is 22.2 Å². The van der Waals surface area contributed by atoms with Crippen LogP contribution in [0.2, 0.25) is 5.02 Å². The number of nitrogens with one attached hydrogen (secondary N) is 1. The van der Waals surface area contributed by atoms with Crippen molar-refractivity contribution in [1.29, 1.82) is 0 Å². The Morgan fingerprint density at radius 1 is 0.978 bits per heavy atom. The number of aliphatic imine (C=N–C) groups is 1. The molecule has 0 spiro atoms. The molecule has 1 aromatic heterocycles. The number of hydrogen-bond acceptors (Lipinski definition) is 8. The van der Waals surface area contributed by atoms with Crippen molar-refractivity contribution < 1.29 is 28.3 Å². The number of aromatic nitrogens is 2. The Hall–Kier alpha value is -4.64. The Morgan fingerprint density at radius 3 is 2.39 bits per heavy atom. The summed E-state index contributed by atoms with van der Waals surface area (Å²) in [6.07, 6.45) is -0.211. The fraction of sp³-hybridized carbons (Fsp3) is 0.382. The Bertz CT molecular complexity index is 1740. The van der Waals surface area contributed by atoms with Crippen molar-refractivity contribution in [1.82, 2.24) is 20.4 Å². The van der Waals surface area contributed by atoms with Crippen molar-refractivity contribution >= 4 is 40.5 Å². The molecule has 1 saturated heterocycles. The monoisotopic (exact) mass is 647 g/mol. The highest BCUT2D eigenvalue weighted by atomic mass is 35.5. The van der Waals surface area contributed by atoms with Gasteiger partial charge in [0, 0.05) is 17.1 Å². The zero-order chi connectivity index (χ0) is 33.1. The molecule has 2 amide bonds. The topological polar surface area (TPSA) is 128 Å². The first-order chi connectivity index (χ1) is 21.7. The molecule has 5 rings (SSSR count). The third-order valence-corrected chi connectivity index (χ3v) is 7.10. The predicted molar refractivity (Wildman–Crippen MR) is 175 cm³/mol. The minimum Gasteiger partial charge on any atom is -0.489 e. The Morgan fingerprint density at radius 2 is 1.67 bits per heavy atom. The van der Waals surface area contributed by atoms with Crippen molar-refractivity contribution in [3.8, 4) is 17.1 Å². The quantitative estimate of drug-likeness (QED) is 0.169. The third kappa shape index (κ3) is 8.75. The SMILES string of the molecule is CC(C)(C)OC(=O)N=C(NC(=O)OC(C)(C)C)N1CCCC1c1nc(-c2ccc3cc(OCc4ccc(Cl)cc4)ccc3c2)no1. The van der Waals surface area contributed by atoms with Crippen molar-refractivity contribution in [2.75, 3.05) is 6.54 Å². The van der Waals surface area contributed by atoms with Crippen molar-refractivity contribution in [2.45, 2.75) is 78.2 Å². The van der Waals surface area contributed by atoms with Crippen LogP contribution in [0.15, 0.2) is 70.2 Å². The molecule has 0 radical (unpaired) electrons. The first kappa shape index (κ1) is 32.7. The summed E-state index contributed by atoms with van der Waals surface area (Å²) in [5.41, 5.74) is 0.280. The van der Waals surface area contributed by atoms with Crippen LogP contribution in [-0.2, 0) is 16.1 Å². The van der Waals surface area contributed by atoms with Gasteiger partial charge in [-0.1, -0.05) is 47.1 Å². The lowest BCUT2D eigenvalue weighted by atomic mass is 10.1. The molecule has 2 heterocycles. The van der Waals surface area contributed by atoms with Crippen LogP contribution in [0, 0.1) is 0 Å². The molecule has 3 aromatic carbocycles. The molecular formula is C34H38ClN5O6. The van der Waals surface area contributed by atoms with Gasteiger partial charge in [-0.25, -0.2) is 9.59 Å². The van der Waals surface area contributed by atoms with Gasteiger partial charge >= 0.3 is 12.2 Å². The van der Waals surface area contributed by atoms with Crippen LogP contribution < -0.4 is 10.1 Å². The summed E-state index contributed by atoms with van der Waals surface area (Å²) < 4.78 is 22.5. The molecule has 4 aromatic rings. The molecule has 11 nitrogen and oxygen atoms in total. The highest BCUT2D eigenvalue weighted by Crippen LogP contribution is 2.33. The summed E-state index contributed by atoms with van der Waals surface area (Å²) in [5, 5.41) is 9.54. The van der Waals surface area contributed by atoms with Crippen LogP contribution in [-0.4, -0.2) is 50.9 Å². The summed E-state index contributed by atoms with van der Waals surface area (Å²) in [7, 11) is 0. The first-order valence-corrected chi connectivity index (χ1v) is 15.4. The molecule has 1 N–H and O–H groups in total. The molecule has 12 heteroatoms. The lowest BCUT2D eigenvalue weighted by molar-refractivity contribution is 0.0553. The third-order valence-electron chi connectivity index (χ3n) is 6.84. The van der Waals surface area contributed by atoms with Gasteiger partial charge in [0.15, 0.2) is 0 Å². The summed E-state index contributed by atoms with van der Waals surface area (Å²) >= 11 is 5.98. The Labute approximate surface area is 272 Å². The molecule has 1 atom stereocenters. The van der Waals surface area contributed by atoms with Crippen LogP contribution in [0.5, 0.6) is 5.75 Å². The van der Waals surface area contributed by atoms with Crippen LogP contribution in [0.1, 0.15) is 71.9 Å². The summed E-state index contributed by atoms with van der Waals surface area (Å²) in [5.74, 6) is 1.49. The van der Waals surface area contributed by atoms with Crippen LogP contribution in [0.4, 0.5) is 9.59 Å². The number of halogens is 1. The fourth-order valence-electron chi connectivity index (χ4n) is 4.89. The van der Waals surface area contributed by atoms with E-state index in [9.17, 15) is 9.59 Å². The number of fused-ring (bicyclic) bond motifs is 1. The number of guanidine groups is 1. The molecule has 242 valence electrons. The molecule has 1 aliphatic rings. The zero-order valence-electron chi connectivity index (χ0n) is 26.8. The van der Waals surface area contributed by atoms with Crippen molar-refractivity contribution in [2.24, 2.45) is 4.99 Å². The number of carbonyl (C=O) groups is 2. The lowest BCUT2D eigenvalue weighted by Crippen LogP contribution is -2.46. The average Bonchev–Trinajstić information content (AvgIpc) is 3.64. The van der Waals surface area contributed by atoms with E-state index in [-0.39, 0.29) is 5.96 Å². The smallest absolute Gasteiger partial charge is 0.437 e. The predicted octanol–water partition coefficient (Wildman–Crippen LogP) is 8.07. The molecule has 0 saturated carbocycles. The standard InChI is InChI=1S/C34H38ClN5O6/c1-33(2,3)44-31(41)37-30(38-32(42)45-34(4,5)6)40-17-7-8-27(40)29-36-28(39-46-29)24-12-11-23-19-26(16-13-22(23)18-24)43-20-21-9-14-25(35)15-10-21/h9-16,18-19,27H,7-8,17,20H2,1-6H3,(H,37,38,41,42). The number of nitrogens with zero attached hydrogens (tertiary/aromatic N) is 4. The largest absolute Gasteiger partial charge is 0.489 e. The van der Waals surface area contributed by atoms with Crippen LogP contribution in [0.3, 0.4) is 0 Å². The number of amides is 2. The Kier molecular flexibility index (Phi) is 9.52. The fourth-order valence-corrected chi connectivity index (χ4v) is 5.02. The average molecular weight is 648 g/mol. The van der Waals surface area contributed by atoms with Gasteiger partial charge in [0.2, 0.25) is 17.7 Å². The second kappa shape index (κ2) is 13.4. The van der Waals surface area contributed by atoms with E-state index < -0.39 is 29.4 Å². The zero-order valence-corrected chi connectivity index (χ0v) is 27.6. The minimum absolute atomic E-state index is 0.00876. The van der Waals surface area contributed by atoms with E-state index in [0.717, 1.165) is 34.1 Å². The molecule has 1 unspecified atom stereocenters. The van der Waals surface area contributed by atoms with Gasteiger partial charge < -0.3 is 23.6 Å². The number of likely N-dealkylation sites (tertiary alicyclic amines) is 1. The normalized spacial score (nSPS) is 15.6. The van der Waals surface area contributed by atoms with E-state index in [1.807, 2.05) is 60.7 Å². The van der Waals surface area contributed by atoms with Gasteiger partial charge in [-0.05, 0) is 101 Å². The van der Waals surface area contributed by atoms with Crippen LogP contribution >= 0.6 is 11.6 Å². The summed E-state index contributed by atoms with van der Waals surface area (Å²) in [4.78, 5) is 35.9. The van der Waals surface area contributed by atoms with Crippen molar-refractivity contribution in [3.05, 3.63) is 77.1 Å². The van der Waals surface area contributed by atoms with Gasteiger partial charge in [0.25, 0.3) is 0 Å². The molecule has 46 heavy (non-hydrogen) atoms. The van der Waals surface area contributed by atoms with E-state index in [2.05, 4.69) is 15.5 Å². The maximum absolute atomic E-state index is 12.7. The molecule has 1 aliphatic heterocycles. The number of hydrogen-bond donors (Lipinski definition) is 1. The van der Waals surface area contributed by atoms with Gasteiger partial charge in [0.05, 0.1) is 0 Å². The summed E-state index contributed by atoms with van der Waals surface area (Å²) in [6, 6.07) is 18.9. The highest BCUT2D eigenvalue weighted by molar-refractivity contribution is 6.30. The maximum Gasteiger partial charge on any atom is 0.437 e. The van der Waals surface area contributed by atoms with Gasteiger partial charge in [-0.2, -0.15) is 4.98 Å². The van der Waals surface area contributed by atoms with E-state index in [1.165, 1.54) is 0 Å². The number of rotatable bonds is 5. The van der Waals surface area contributed by atoms with E-state index in [4.69, 9.17) is 35.3 Å². The number of alkyl carbamates (subject to hydrolysis) is 1. The molecule has 0 bridgehead atoms. The number of benzene rings is 3. The van der Waals surface area contributed by atoms with Crippen molar-refractivity contribution in [3.63, 3.8) is 0 Å². The molecular weight excluding hydrogens is 610 g/mol. The Balaban J connectivity index is 1.33. The number of carbonyl (C=O) groups excluding carboxylic acids is 2. The lowest BCUT2D eigenvalue weighted by Gasteiger charge is -2.27. The second-order valence-corrected chi connectivity index (χ2v) is 13.4. The van der Waals surface area contributed by atoms with Gasteiger partial charge in [-0.3, -0.25) is 5.32 Å². The summed E-state index contributed by atoms with van der Waals surface area (Å²) in [6.45, 7) is 11.4. The number of ether oxygens (including phenoxy) is 3. The van der Waals surface area contributed by atoms with Gasteiger partial charge in [0.1, 0.15) is 29.6 Å². The highest BCUT2D eigenvalue weighted by Gasteiger charge is 2.35. The van der Waals surface area contributed by atoms with Gasteiger partial charge in [-0.15, -0.1) is 4.99 Å². The first-order valence-electron chi connectivity index (χ1n) is 15.1. The minimum atomic E-state index is -0.842. The van der Waals surface area contributed by atoms with E-state index in [1.54, 1.807) is 46.4 Å². The van der Waals surface area contributed by atoms with E-state index >= 15 is 0 Å².